The van der Waals surface area contributed by atoms with Gasteiger partial charge >= 0.3 is 0 Å². The van der Waals surface area contributed by atoms with Crippen LogP contribution in [0.2, 0.25) is 0 Å². The number of phenols is 1. The van der Waals surface area contributed by atoms with Gasteiger partial charge in [-0.25, -0.2) is 9.98 Å². The standard InChI is InChI=1S/C15H12N8O4S/c16-4-8-11(18)10-12(7-3-6(28(25,26)27)1-2-9(7)24)21-15(20-5-17)23-14(10)22-13(8)19/h1-3,12,24H,(H,25,26,27)(H6,18,19,20,21,22,23). The van der Waals surface area contributed by atoms with Crippen LogP contribution in [0.3, 0.4) is 0 Å². The lowest BCUT2D eigenvalue weighted by molar-refractivity contribution is 0.463. The SMILES string of the molecule is N#CNC1=NC(c2cc(S(=O)(=O)O)ccc2O)c2c(nc(N)c(C#N)c2N)N1. The van der Waals surface area contributed by atoms with Gasteiger partial charge in [-0.05, 0) is 18.2 Å². The molecule has 0 saturated heterocycles. The van der Waals surface area contributed by atoms with E-state index in [4.69, 9.17) is 16.7 Å². The van der Waals surface area contributed by atoms with Crippen molar-refractivity contribution < 1.29 is 18.1 Å². The Bertz CT molecular complexity index is 1210. The Kier molecular flexibility index (Phi) is 4.40. The Morgan fingerprint density at radius 3 is 2.61 bits per heavy atom. The van der Waals surface area contributed by atoms with Crippen molar-refractivity contribution in [2.75, 3.05) is 16.8 Å². The molecule has 0 aliphatic carbocycles. The molecule has 0 bridgehead atoms. The quantitative estimate of drug-likeness (QED) is 0.224. The molecule has 1 aliphatic rings. The predicted molar refractivity (Wildman–Crippen MR) is 97.3 cm³/mol. The molecule has 1 atom stereocenters. The van der Waals surface area contributed by atoms with Gasteiger partial charge in [0.2, 0.25) is 5.96 Å². The number of nitriles is 2. The van der Waals surface area contributed by atoms with Crippen molar-refractivity contribution in [3.8, 4) is 18.0 Å². The van der Waals surface area contributed by atoms with Crippen LogP contribution in [0.15, 0.2) is 28.1 Å². The van der Waals surface area contributed by atoms with Gasteiger partial charge in [-0.15, -0.1) is 0 Å². The number of nitrogens with one attached hydrogen (secondary N) is 2. The van der Waals surface area contributed by atoms with E-state index < -0.39 is 21.1 Å². The third-order valence-electron chi connectivity index (χ3n) is 3.95. The molecule has 0 radical (unpaired) electrons. The lowest BCUT2D eigenvalue weighted by Gasteiger charge is -2.26. The first-order chi connectivity index (χ1) is 13.2. The number of hydrogen-bond donors (Lipinski definition) is 6. The number of fused-ring (bicyclic) bond motifs is 1. The van der Waals surface area contributed by atoms with Crippen LogP contribution in [0, 0.1) is 22.8 Å². The highest BCUT2D eigenvalue weighted by atomic mass is 32.2. The van der Waals surface area contributed by atoms with Crippen LogP contribution < -0.4 is 22.1 Å². The molecule has 0 fully saturated rings. The minimum absolute atomic E-state index is 0.0581. The summed E-state index contributed by atoms with van der Waals surface area (Å²) in [6.07, 6.45) is 1.66. The Hall–Kier alpha value is -4.07. The van der Waals surface area contributed by atoms with Crippen molar-refractivity contribution in [2.45, 2.75) is 10.9 Å². The van der Waals surface area contributed by atoms with Gasteiger partial charge in [0, 0.05) is 11.1 Å². The van der Waals surface area contributed by atoms with E-state index in [1.165, 1.54) is 0 Å². The van der Waals surface area contributed by atoms with Crippen LogP contribution >= 0.6 is 0 Å². The van der Waals surface area contributed by atoms with E-state index in [0.29, 0.717) is 0 Å². The van der Waals surface area contributed by atoms with Gasteiger partial charge in [-0.3, -0.25) is 9.87 Å². The van der Waals surface area contributed by atoms with Crippen molar-refractivity contribution in [1.29, 1.82) is 10.5 Å². The van der Waals surface area contributed by atoms with Gasteiger partial charge < -0.3 is 21.9 Å². The molecule has 1 aliphatic heterocycles. The maximum absolute atomic E-state index is 11.5. The zero-order valence-electron chi connectivity index (χ0n) is 13.9. The summed E-state index contributed by atoms with van der Waals surface area (Å²) in [6, 6.07) is 3.71. The summed E-state index contributed by atoms with van der Waals surface area (Å²) in [6.45, 7) is 0. The number of aromatic hydroxyl groups is 1. The van der Waals surface area contributed by atoms with Crippen LogP contribution in [0.1, 0.15) is 22.7 Å². The number of phenolic OH excluding ortho intramolecular Hbond substituents is 1. The van der Waals surface area contributed by atoms with E-state index >= 15 is 0 Å². The summed E-state index contributed by atoms with van der Waals surface area (Å²) in [7, 11) is -4.57. The molecule has 1 aromatic carbocycles. The number of rotatable bonds is 2. The number of nitrogens with two attached hydrogens (primary N) is 2. The number of guanidine groups is 1. The smallest absolute Gasteiger partial charge is 0.294 e. The second kappa shape index (κ2) is 6.58. The van der Waals surface area contributed by atoms with Crippen LogP contribution in [0.25, 0.3) is 0 Å². The minimum Gasteiger partial charge on any atom is -0.508 e. The average molecular weight is 400 g/mol. The van der Waals surface area contributed by atoms with Crippen molar-refractivity contribution in [3.05, 3.63) is 34.9 Å². The lowest BCUT2D eigenvalue weighted by atomic mass is 9.94. The maximum Gasteiger partial charge on any atom is 0.294 e. The molecule has 142 valence electrons. The van der Waals surface area contributed by atoms with Crippen LogP contribution in [-0.4, -0.2) is 29.0 Å². The summed E-state index contributed by atoms with van der Waals surface area (Å²) in [4.78, 5) is 7.74. The summed E-state index contributed by atoms with van der Waals surface area (Å²) in [5.74, 6) is -0.546. The number of nitrogens with zero attached hydrogens (tertiary/aromatic N) is 4. The molecule has 1 unspecified atom stereocenters. The Balaban J connectivity index is 2.33. The molecule has 28 heavy (non-hydrogen) atoms. The number of nitrogen functional groups attached to an aromatic ring is 2. The third kappa shape index (κ3) is 3.07. The molecule has 1 aromatic heterocycles. The number of hydrogen-bond acceptors (Lipinski definition) is 11. The normalized spacial score (nSPS) is 15.4. The van der Waals surface area contributed by atoms with Crippen molar-refractivity contribution in [1.82, 2.24) is 10.3 Å². The monoisotopic (exact) mass is 400 g/mol. The van der Waals surface area contributed by atoms with E-state index in [1.807, 2.05) is 6.07 Å². The van der Waals surface area contributed by atoms with E-state index in [9.17, 15) is 23.3 Å². The zero-order valence-corrected chi connectivity index (χ0v) is 14.7. The topological polar surface area (TPSA) is 224 Å². The first-order valence-electron chi connectivity index (χ1n) is 7.46. The first-order valence-corrected chi connectivity index (χ1v) is 8.90. The van der Waals surface area contributed by atoms with Gasteiger partial charge in [0.05, 0.1) is 10.6 Å². The fourth-order valence-electron chi connectivity index (χ4n) is 2.72. The minimum atomic E-state index is -4.57. The summed E-state index contributed by atoms with van der Waals surface area (Å²) in [5, 5.41) is 33.4. The maximum atomic E-state index is 11.5. The highest BCUT2D eigenvalue weighted by molar-refractivity contribution is 7.85. The number of benzene rings is 1. The fourth-order valence-corrected chi connectivity index (χ4v) is 3.23. The van der Waals surface area contributed by atoms with E-state index in [0.717, 1.165) is 18.2 Å². The fraction of sp³-hybridized carbons (Fsp3) is 0.0667. The second-order valence-electron chi connectivity index (χ2n) is 5.60. The number of anilines is 3. The van der Waals surface area contributed by atoms with Crippen LogP contribution in [0.5, 0.6) is 5.75 Å². The average Bonchev–Trinajstić information content (AvgIpc) is 2.61. The summed E-state index contributed by atoms with van der Waals surface area (Å²) in [5.41, 5.74) is 11.7. The van der Waals surface area contributed by atoms with Gasteiger partial charge in [0.25, 0.3) is 10.1 Å². The molecule has 2 heterocycles. The molecular formula is C15H12N8O4S. The van der Waals surface area contributed by atoms with Crippen molar-refractivity contribution in [2.24, 2.45) is 4.99 Å². The van der Waals surface area contributed by atoms with Gasteiger partial charge in [-0.1, -0.05) is 0 Å². The molecule has 12 nitrogen and oxygen atoms in total. The van der Waals surface area contributed by atoms with Gasteiger partial charge in [0.15, 0.2) is 6.19 Å². The van der Waals surface area contributed by atoms with Crippen molar-refractivity contribution >= 4 is 33.4 Å². The molecular weight excluding hydrogens is 388 g/mol. The molecule has 8 N–H and O–H groups in total. The number of aliphatic imine (C=N–C) groups is 1. The summed E-state index contributed by atoms with van der Waals surface area (Å²) < 4.78 is 32.3. The van der Waals surface area contributed by atoms with Crippen LogP contribution in [-0.2, 0) is 10.1 Å². The van der Waals surface area contributed by atoms with Crippen LogP contribution in [0.4, 0.5) is 17.3 Å². The molecule has 0 amide bonds. The first kappa shape index (κ1) is 18.7. The Labute approximate surface area is 158 Å². The largest absolute Gasteiger partial charge is 0.508 e. The third-order valence-corrected chi connectivity index (χ3v) is 4.80. The van der Waals surface area contributed by atoms with Gasteiger partial charge in [0.1, 0.15) is 35.1 Å². The van der Waals surface area contributed by atoms with Gasteiger partial charge in [-0.2, -0.15) is 18.9 Å². The molecule has 13 heteroatoms. The molecule has 0 spiro atoms. The summed E-state index contributed by atoms with van der Waals surface area (Å²) >= 11 is 0. The van der Waals surface area contributed by atoms with E-state index in [2.05, 4.69) is 20.6 Å². The number of aromatic nitrogens is 1. The van der Waals surface area contributed by atoms with E-state index in [-0.39, 0.29) is 45.7 Å². The highest BCUT2D eigenvalue weighted by Gasteiger charge is 2.31. The van der Waals surface area contributed by atoms with Crippen molar-refractivity contribution in [3.63, 3.8) is 0 Å². The molecule has 2 aromatic rings. The Morgan fingerprint density at radius 2 is 2.00 bits per heavy atom. The highest BCUT2D eigenvalue weighted by Crippen LogP contribution is 2.43. The zero-order chi connectivity index (χ0) is 20.6. The molecule has 3 rings (SSSR count). The number of pyridine rings is 1. The predicted octanol–water partition coefficient (Wildman–Crippen LogP) is 0.0116. The molecule has 0 saturated carbocycles. The second-order valence-corrected chi connectivity index (χ2v) is 7.02. The van der Waals surface area contributed by atoms with E-state index in [1.54, 1.807) is 6.19 Å². The lowest BCUT2D eigenvalue weighted by Crippen LogP contribution is -2.32. The Morgan fingerprint density at radius 1 is 1.29 bits per heavy atom.